The van der Waals surface area contributed by atoms with Crippen molar-refractivity contribution in [3.05, 3.63) is 74.5 Å². The van der Waals surface area contributed by atoms with Crippen LogP contribution in [0.1, 0.15) is 11.5 Å². The molecule has 0 N–H and O–H groups in total. The lowest BCUT2D eigenvalue weighted by atomic mass is 10.1. The third-order valence-corrected chi connectivity index (χ3v) is 3.26. The Kier molecular flexibility index (Phi) is 3.71. The molecule has 2 heterocycles. The van der Waals surface area contributed by atoms with Crippen LogP contribution in [0.2, 0.25) is 0 Å². The monoisotopic (exact) mass is 312 g/mol. The number of nitro groups is 1. The lowest BCUT2D eigenvalue weighted by molar-refractivity contribution is -0.385. The van der Waals surface area contributed by atoms with Crippen LogP contribution in [0.15, 0.2) is 51.9 Å². The Balaban J connectivity index is 1.87. The molecule has 0 saturated heterocycles. The summed E-state index contributed by atoms with van der Waals surface area (Å²) in [6.07, 6.45) is 1.15. The molecule has 0 aliphatic heterocycles. The van der Waals surface area contributed by atoms with Gasteiger partial charge in [0.15, 0.2) is 0 Å². The molecule has 1 aromatic carbocycles. The maximum absolute atomic E-state index is 11.8. The Morgan fingerprint density at radius 3 is 2.65 bits per heavy atom. The number of nitrogens with zero attached hydrogens (tertiary/aromatic N) is 4. The van der Waals surface area contributed by atoms with Crippen LogP contribution in [0.3, 0.4) is 0 Å². The van der Waals surface area contributed by atoms with Crippen LogP contribution >= 0.6 is 0 Å². The van der Waals surface area contributed by atoms with Gasteiger partial charge in [0.05, 0.1) is 11.1 Å². The highest BCUT2D eigenvalue weighted by molar-refractivity contribution is 5.54. The van der Waals surface area contributed by atoms with Gasteiger partial charge in [-0.15, -0.1) is 0 Å². The molecule has 0 saturated carbocycles. The maximum atomic E-state index is 11.8. The summed E-state index contributed by atoms with van der Waals surface area (Å²) in [7, 11) is 0. The van der Waals surface area contributed by atoms with Gasteiger partial charge in [0.25, 0.3) is 11.2 Å². The molecule has 0 aliphatic carbocycles. The van der Waals surface area contributed by atoms with Gasteiger partial charge in [-0.05, 0) is 6.92 Å². The first-order chi connectivity index (χ1) is 11.0. The fraction of sp³-hybridized carbons (Fsp3) is 0.133. The van der Waals surface area contributed by atoms with Crippen LogP contribution in [0.25, 0.3) is 11.4 Å². The summed E-state index contributed by atoms with van der Waals surface area (Å²) >= 11 is 0. The molecule has 2 aromatic heterocycles. The van der Waals surface area contributed by atoms with Gasteiger partial charge < -0.3 is 4.52 Å². The lowest BCUT2D eigenvalue weighted by Crippen LogP contribution is -2.19. The number of rotatable bonds is 4. The number of aryl methyl sites for hydroxylation is 1. The average Bonchev–Trinajstić information content (AvgIpc) is 2.98. The molecule has 0 unspecified atom stereocenters. The van der Waals surface area contributed by atoms with Crippen LogP contribution in [0.4, 0.5) is 5.69 Å². The van der Waals surface area contributed by atoms with E-state index in [-0.39, 0.29) is 23.7 Å². The first-order valence-electron chi connectivity index (χ1n) is 6.77. The summed E-state index contributed by atoms with van der Waals surface area (Å²) in [5, 5.41) is 14.6. The molecule has 0 bridgehead atoms. The fourth-order valence-corrected chi connectivity index (χ4v) is 2.03. The van der Waals surface area contributed by atoms with E-state index in [1.54, 1.807) is 0 Å². The highest BCUT2D eigenvalue weighted by atomic mass is 16.6. The van der Waals surface area contributed by atoms with Gasteiger partial charge in [0.1, 0.15) is 6.54 Å². The summed E-state index contributed by atoms with van der Waals surface area (Å²) < 4.78 is 6.28. The predicted octanol–water partition coefficient (Wildman–Crippen LogP) is 2.16. The second-order valence-electron chi connectivity index (χ2n) is 4.99. The van der Waals surface area contributed by atoms with E-state index in [1.807, 2.05) is 31.2 Å². The largest absolute Gasteiger partial charge is 0.337 e. The van der Waals surface area contributed by atoms with Crippen molar-refractivity contribution in [3.63, 3.8) is 0 Å². The van der Waals surface area contributed by atoms with Crippen molar-refractivity contribution in [1.29, 1.82) is 0 Å². The van der Waals surface area contributed by atoms with E-state index in [0.717, 1.165) is 34.0 Å². The number of pyridine rings is 1. The molecule has 8 nitrogen and oxygen atoms in total. The quantitative estimate of drug-likeness (QED) is 0.540. The minimum atomic E-state index is -0.568. The van der Waals surface area contributed by atoms with Gasteiger partial charge in [-0.3, -0.25) is 19.5 Å². The van der Waals surface area contributed by atoms with E-state index < -0.39 is 4.92 Å². The summed E-state index contributed by atoms with van der Waals surface area (Å²) in [4.78, 5) is 26.2. The van der Waals surface area contributed by atoms with E-state index >= 15 is 0 Å². The molecule has 3 aromatic rings. The Bertz CT molecular complexity index is 912. The lowest BCUT2D eigenvalue weighted by Gasteiger charge is -2.00. The molecule has 3 rings (SSSR count). The normalized spacial score (nSPS) is 10.7. The Morgan fingerprint density at radius 2 is 1.96 bits per heavy atom. The van der Waals surface area contributed by atoms with Crippen LogP contribution in [-0.2, 0) is 6.54 Å². The van der Waals surface area contributed by atoms with Crippen molar-refractivity contribution in [3.8, 4) is 11.4 Å². The zero-order chi connectivity index (χ0) is 16.4. The van der Waals surface area contributed by atoms with Crippen molar-refractivity contribution in [1.82, 2.24) is 14.7 Å². The molecular formula is C15H12N4O4. The molecule has 116 valence electrons. The van der Waals surface area contributed by atoms with E-state index in [9.17, 15) is 14.9 Å². The summed E-state index contributed by atoms with van der Waals surface area (Å²) in [5.41, 5.74) is 1.34. The fourth-order valence-electron chi connectivity index (χ4n) is 2.03. The second-order valence-corrected chi connectivity index (χ2v) is 4.99. The average molecular weight is 312 g/mol. The van der Waals surface area contributed by atoms with Crippen molar-refractivity contribution < 1.29 is 9.45 Å². The zero-order valence-corrected chi connectivity index (χ0v) is 12.2. The second kappa shape index (κ2) is 5.84. The van der Waals surface area contributed by atoms with Gasteiger partial charge in [0.2, 0.25) is 11.7 Å². The third kappa shape index (κ3) is 3.15. The van der Waals surface area contributed by atoms with Gasteiger partial charge in [-0.25, -0.2) is 0 Å². The van der Waals surface area contributed by atoms with Crippen molar-refractivity contribution in [2.24, 2.45) is 0 Å². The van der Waals surface area contributed by atoms with Crippen molar-refractivity contribution in [2.45, 2.75) is 13.5 Å². The molecule has 0 fully saturated rings. The standard InChI is InChI=1S/C15H12N4O4/c1-10-2-4-11(5-3-10)15-16-13(23-17-15)9-18-8-12(19(21)22)6-7-14(18)20/h2-8H,9H2,1H3. The number of aromatic nitrogens is 3. The van der Waals surface area contributed by atoms with Gasteiger partial charge in [-0.2, -0.15) is 4.98 Å². The van der Waals surface area contributed by atoms with E-state index in [0.29, 0.717) is 5.82 Å². The highest BCUT2D eigenvalue weighted by Gasteiger charge is 2.12. The summed E-state index contributed by atoms with van der Waals surface area (Å²) in [6, 6.07) is 9.87. The zero-order valence-electron chi connectivity index (χ0n) is 12.2. The topological polar surface area (TPSA) is 104 Å². The first-order valence-corrected chi connectivity index (χ1v) is 6.77. The highest BCUT2D eigenvalue weighted by Crippen LogP contribution is 2.16. The predicted molar refractivity (Wildman–Crippen MR) is 80.9 cm³/mol. The van der Waals surface area contributed by atoms with E-state index in [2.05, 4.69) is 10.1 Å². The first kappa shape index (κ1) is 14.6. The van der Waals surface area contributed by atoms with Crippen molar-refractivity contribution in [2.75, 3.05) is 0 Å². The van der Waals surface area contributed by atoms with E-state index in [1.165, 1.54) is 0 Å². The van der Waals surface area contributed by atoms with Gasteiger partial charge >= 0.3 is 0 Å². The summed E-state index contributed by atoms with van der Waals surface area (Å²) in [5.74, 6) is 0.599. The summed E-state index contributed by atoms with van der Waals surface area (Å²) in [6.45, 7) is 1.94. The Labute approximate surface area is 130 Å². The molecule has 0 amide bonds. The molecule has 0 aliphatic rings. The number of hydrogen-bond donors (Lipinski definition) is 0. The van der Waals surface area contributed by atoms with Crippen LogP contribution in [0.5, 0.6) is 0 Å². The smallest absolute Gasteiger partial charge is 0.285 e. The molecule has 23 heavy (non-hydrogen) atoms. The minimum Gasteiger partial charge on any atom is -0.337 e. The van der Waals surface area contributed by atoms with Crippen molar-refractivity contribution >= 4 is 5.69 Å². The Hall–Kier alpha value is -3.29. The number of hydrogen-bond acceptors (Lipinski definition) is 6. The van der Waals surface area contributed by atoms with Gasteiger partial charge in [0, 0.05) is 17.7 Å². The molecular weight excluding hydrogens is 300 g/mol. The Morgan fingerprint density at radius 1 is 1.22 bits per heavy atom. The third-order valence-electron chi connectivity index (χ3n) is 3.26. The molecule has 8 heteroatoms. The van der Waals surface area contributed by atoms with Crippen LogP contribution < -0.4 is 5.56 Å². The van der Waals surface area contributed by atoms with E-state index in [4.69, 9.17) is 4.52 Å². The SMILES string of the molecule is Cc1ccc(-c2noc(Cn3cc([N+](=O)[O-])ccc3=O)n2)cc1. The maximum Gasteiger partial charge on any atom is 0.285 e. The molecule has 0 spiro atoms. The minimum absolute atomic E-state index is 0.0284. The van der Waals surface area contributed by atoms with Crippen LogP contribution in [0, 0.1) is 17.0 Å². The van der Waals surface area contributed by atoms with Crippen LogP contribution in [-0.4, -0.2) is 19.6 Å². The molecule has 0 radical (unpaired) electrons. The van der Waals surface area contributed by atoms with Gasteiger partial charge in [-0.1, -0.05) is 35.0 Å². The molecule has 0 atom stereocenters. The number of benzene rings is 1.